The molecule has 3 rings (SSSR count). The van der Waals surface area contributed by atoms with Gasteiger partial charge in [0.2, 0.25) is 5.91 Å². The van der Waals surface area contributed by atoms with E-state index in [0.717, 1.165) is 15.9 Å². The van der Waals surface area contributed by atoms with Gasteiger partial charge in [0.25, 0.3) is 0 Å². The molecule has 6 nitrogen and oxygen atoms in total. The van der Waals surface area contributed by atoms with E-state index in [1.165, 1.54) is 19.2 Å². The molecule has 0 bridgehead atoms. The zero-order chi connectivity index (χ0) is 28.6. The van der Waals surface area contributed by atoms with Crippen molar-refractivity contribution in [3.05, 3.63) is 70.0 Å². The van der Waals surface area contributed by atoms with Gasteiger partial charge in [-0.1, -0.05) is 6.07 Å². The molecule has 1 saturated heterocycles. The monoisotopic (exact) mass is 548 g/mol. The van der Waals surface area contributed by atoms with Crippen LogP contribution in [0.2, 0.25) is 0 Å². The molecule has 0 radical (unpaired) electrons. The average Bonchev–Trinajstić information content (AvgIpc) is 2.81. The van der Waals surface area contributed by atoms with Crippen molar-refractivity contribution in [3.63, 3.8) is 0 Å². The van der Waals surface area contributed by atoms with Crippen molar-refractivity contribution in [2.75, 3.05) is 20.1 Å². The Morgan fingerprint density at radius 1 is 1.00 bits per heavy atom. The average molecular weight is 548 g/mol. The highest BCUT2D eigenvalue weighted by molar-refractivity contribution is 6.31. The molecule has 1 fully saturated rings. The number of piperidine rings is 1. The summed E-state index contributed by atoms with van der Waals surface area (Å²) < 4.78 is 93.1. The maximum atomic E-state index is 13.7. The van der Waals surface area contributed by atoms with Crippen molar-refractivity contribution in [2.45, 2.75) is 38.2 Å². The van der Waals surface area contributed by atoms with Gasteiger partial charge in [0, 0.05) is 38.5 Å². The summed E-state index contributed by atoms with van der Waals surface area (Å²) >= 11 is 0. The van der Waals surface area contributed by atoms with Gasteiger partial charge in [0.15, 0.2) is 0 Å². The van der Waals surface area contributed by atoms with Gasteiger partial charge in [0.05, 0.1) is 11.1 Å². The number of carbonyl (C=O) groups is 3. The number of carboxylic acids is 1. The number of hydrogen-bond acceptors (Lipinski definition) is 3. The normalized spacial score (nSPS) is 18.3. The minimum absolute atomic E-state index is 0.00610. The number of likely N-dealkylation sites (tertiary alicyclic amines) is 1. The van der Waals surface area contributed by atoms with Crippen molar-refractivity contribution in [3.8, 4) is 0 Å². The molecular formula is C25H23F7N2O4. The molecule has 38 heavy (non-hydrogen) atoms. The second-order valence-electron chi connectivity index (χ2n) is 9.17. The van der Waals surface area contributed by atoms with Crippen LogP contribution in [0.4, 0.5) is 30.7 Å². The molecule has 1 aliphatic rings. The zero-order valence-corrected chi connectivity index (χ0v) is 20.2. The first-order valence-electron chi connectivity index (χ1n) is 11.3. The van der Waals surface area contributed by atoms with E-state index >= 15 is 0 Å². The van der Waals surface area contributed by atoms with Crippen molar-refractivity contribution < 1.29 is 50.2 Å². The number of amides is 2. The molecule has 2 aromatic carbocycles. The van der Waals surface area contributed by atoms with Gasteiger partial charge in [-0.2, -0.15) is 26.3 Å². The minimum Gasteiger partial charge on any atom is -0.474 e. The van der Waals surface area contributed by atoms with Crippen LogP contribution in [0, 0.1) is 18.7 Å². The van der Waals surface area contributed by atoms with Gasteiger partial charge < -0.3 is 14.9 Å². The fourth-order valence-corrected chi connectivity index (χ4v) is 4.68. The van der Waals surface area contributed by atoms with Crippen LogP contribution >= 0.6 is 0 Å². The summed E-state index contributed by atoms with van der Waals surface area (Å²) in [7, 11) is 1.22. The summed E-state index contributed by atoms with van der Waals surface area (Å²) in [6.07, 6.45) is -10.1. The van der Waals surface area contributed by atoms with E-state index in [2.05, 4.69) is 0 Å². The lowest BCUT2D eigenvalue weighted by Crippen LogP contribution is -2.49. The van der Waals surface area contributed by atoms with Crippen LogP contribution in [0.25, 0.3) is 0 Å². The molecule has 2 aromatic rings. The molecule has 0 aliphatic carbocycles. The molecule has 1 heterocycles. The maximum Gasteiger partial charge on any atom is 0.416 e. The smallest absolute Gasteiger partial charge is 0.416 e. The van der Waals surface area contributed by atoms with E-state index in [0.29, 0.717) is 23.3 Å². The minimum atomic E-state index is -5.05. The third-order valence-corrected chi connectivity index (χ3v) is 6.47. The molecule has 2 amide bonds. The molecule has 0 unspecified atom stereocenters. The van der Waals surface area contributed by atoms with E-state index in [9.17, 15) is 45.1 Å². The summed E-state index contributed by atoms with van der Waals surface area (Å²) in [5, 5.41) is 9.09. The van der Waals surface area contributed by atoms with E-state index in [1.54, 1.807) is 6.92 Å². The predicted molar refractivity (Wildman–Crippen MR) is 119 cm³/mol. The Morgan fingerprint density at radius 3 is 2.08 bits per heavy atom. The molecule has 13 heteroatoms. The number of benzene rings is 2. The molecular weight excluding hydrogens is 525 g/mol. The van der Waals surface area contributed by atoms with Crippen molar-refractivity contribution >= 4 is 17.8 Å². The van der Waals surface area contributed by atoms with E-state index in [1.807, 2.05) is 0 Å². The molecule has 0 aromatic heterocycles. The van der Waals surface area contributed by atoms with Crippen molar-refractivity contribution in [2.24, 2.45) is 5.92 Å². The quantitative estimate of drug-likeness (QED) is 0.438. The van der Waals surface area contributed by atoms with E-state index in [4.69, 9.17) is 5.11 Å². The second-order valence-corrected chi connectivity index (χ2v) is 9.17. The topological polar surface area (TPSA) is 77.9 Å². The van der Waals surface area contributed by atoms with Crippen LogP contribution in [-0.2, 0) is 33.3 Å². The van der Waals surface area contributed by atoms with Gasteiger partial charge in [-0.05, 0) is 60.4 Å². The third-order valence-electron chi connectivity index (χ3n) is 6.47. The highest BCUT2D eigenvalue weighted by Crippen LogP contribution is 2.38. The van der Waals surface area contributed by atoms with Gasteiger partial charge in [-0.3, -0.25) is 9.59 Å². The van der Waals surface area contributed by atoms with Gasteiger partial charge >= 0.3 is 24.2 Å². The lowest BCUT2D eigenvalue weighted by Gasteiger charge is -2.39. The number of carboxylic acid groups (broad SMARTS) is 1. The summed E-state index contributed by atoms with van der Waals surface area (Å²) in [6.45, 7) is 0.662. The van der Waals surface area contributed by atoms with E-state index in [-0.39, 0.29) is 25.6 Å². The number of hydrogen-bond donors (Lipinski definition) is 1. The van der Waals surface area contributed by atoms with Crippen LogP contribution < -0.4 is 0 Å². The van der Waals surface area contributed by atoms with E-state index < -0.39 is 71.0 Å². The Hall–Kier alpha value is -3.64. The Kier molecular flexibility index (Phi) is 8.08. The number of rotatable bonds is 4. The molecule has 0 saturated carbocycles. The molecule has 206 valence electrons. The van der Waals surface area contributed by atoms with Crippen molar-refractivity contribution in [1.82, 2.24) is 9.80 Å². The highest BCUT2D eigenvalue weighted by Gasteiger charge is 2.41. The molecule has 0 spiro atoms. The van der Waals surface area contributed by atoms with Crippen molar-refractivity contribution in [1.29, 1.82) is 0 Å². The van der Waals surface area contributed by atoms with Crippen LogP contribution in [0.5, 0.6) is 0 Å². The fraction of sp³-hybridized carbons (Fsp3) is 0.400. The predicted octanol–water partition coefficient (Wildman–Crippen LogP) is 4.85. The molecule has 1 aliphatic heterocycles. The Morgan fingerprint density at radius 2 is 1.58 bits per heavy atom. The van der Waals surface area contributed by atoms with Crippen LogP contribution in [-0.4, -0.2) is 52.8 Å². The second kappa shape index (κ2) is 10.6. The summed E-state index contributed by atoms with van der Waals surface area (Å²) in [5.41, 5.74) is -2.53. The third kappa shape index (κ3) is 6.43. The number of carbonyl (C=O) groups excluding carboxylic acids is 2. The maximum absolute atomic E-state index is 13.7. The van der Waals surface area contributed by atoms with Crippen LogP contribution in [0.1, 0.15) is 40.2 Å². The lowest BCUT2D eigenvalue weighted by molar-refractivity contribution is -0.157. The van der Waals surface area contributed by atoms with Gasteiger partial charge in [-0.25, -0.2) is 9.18 Å². The number of alkyl halides is 6. The first kappa shape index (κ1) is 28.9. The Labute approximate surface area is 212 Å². The first-order chi connectivity index (χ1) is 17.5. The number of nitrogens with zero attached hydrogens (tertiary/aromatic N) is 2. The summed E-state index contributed by atoms with van der Waals surface area (Å²) in [6, 6.07) is 4.79. The highest BCUT2D eigenvalue weighted by atomic mass is 19.4. The first-order valence-corrected chi connectivity index (χ1v) is 11.3. The zero-order valence-electron chi connectivity index (χ0n) is 20.2. The summed E-state index contributed by atoms with van der Waals surface area (Å²) in [5.74, 6) is -5.80. The summed E-state index contributed by atoms with van der Waals surface area (Å²) in [4.78, 5) is 38.7. The standard InChI is InChI=1S/C25H23F7N2O4/c1-13-7-17(26)3-4-18(13)20-12-34(22(36)23(37)38)6-5-19(20)21(35)33(2)11-14-8-15(24(27,28)29)10-16(9-14)25(30,31)32/h3-4,7-10,19-20H,5-6,11-12H2,1-2H3,(H,37,38)/t19-,20+/m0/s1. The number of aryl methyl sites for hydroxylation is 1. The van der Waals surface area contributed by atoms with Crippen LogP contribution in [0.15, 0.2) is 36.4 Å². The largest absolute Gasteiger partial charge is 0.474 e. The van der Waals surface area contributed by atoms with Crippen LogP contribution in [0.3, 0.4) is 0 Å². The van der Waals surface area contributed by atoms with Gasteiger partial charge in [-0.15, -0.1) is 0 Å². The number of aliphatic carboxylic acids is 1. The fourth-order valence-electron chi connectivity index (χ4n) is 4.68. The number of halogens is 7. The SMILES string of the molecule is Cc1cc(F)ccc1[C@H]1CN(C(=O)C(=O)O)CC[C@@H]1C(=O)N(C)Cc1cc(C(F)(F)F)cc(C(F)(F)F)c1. The Bertz CT molecular complexity index is 1210. The molecule has 1 N–H and O–H groups in total. The molecule has 2 atom stereocenters. The van der Waals surface area contributed by atoms with Gasteiger partial charge in [0.1, 0.15) is 5.82 Å². The Balaban J connectivity index is 1.93. The lowest BCUT2D eigenvalue weighted by atomic mass is 9.78.